The number of para-hydroxylation sites is 1. The smallest absolute Gasteiger partial charge is 0.314 e. The molecule has 18 heavy (non-hydrogen) atoms. The largest absolute Gasteiger partial charge is 0.358 e. The van der Waals surface area contributed by atoms with Crippen LogP contribution in [0.4, 0.5) is 4.79 Å². The van der Waals surface area contributed by atoms with Crippen LogP contribution in [0.15, 0.2) is 30.3 Å². The Bertz CT molecular complexity index is 534. The Labute approximate surface area is 106 Å². The molecule has 94 valence electrons. The first-order valence-electron chi connectivity index (χ1n) is 6.36. The number of rotatable bonds is 1. The molecular formula is C14H17N3O. The van der Waals surface area contributed by atoms with Gasteiger partial charge in [-0.3, -0.25) is 0 Å². The molecule has 1 saturated heterocycles. The number of benzene rings is 1. The van der Waals surface area contributed by atoms with E-state index in [0.717, 1.165) is 25.9 Å². The molecule has 1 aromatic heterocycles. The molecular weight excluding hydrogens is 226 g/mol. The Hall–Kier alpha value is -1.97. The first-order valence-corrected chi connectivity index (χ1v) is 6.36. The fourth-order valence-corrected chi connectivity index (χ4v) is 2.73. The number of aromatic amines is 1. The van der Waals surface area contributed by atoms with Crippen LogP contribution < -0.4 is 5.73 Å². The van der Waals surface area contributed by atoms with Gasteiger partial charge in [-0.05, 0) is 30.4 Å². The van der Waals surface area contributed by atoms with Gasteiger partial charge in [0, 0.05) is 30.2 Å². The number of primary amides is 1. The highest BCUT2D eigenvalue weighted by Crippen LogP contribution is 2.29. The third-order valence-electron chi connectivity index (χ3n) is 3.80. The van der Waals surface area contributed by atoms with Gasteiger partial charge in [0.05, 0.1) is 0 Å². The standard InChI is InChI=1S/C14H17N3O/c15-14(18)17-7-5-10(6-8-17)13-9-11-3-1-2-4-12(11)16-13/h1-4,9-10,16H,5-8H2,(H2,15,18). The van der Waals surface area contributed by atoms with Crippen molar-refractivity contribution in [2.45, 2.75) is 18.8 Å². The van der Waals surface area contributed by atoms with E-state index in [9.17, 15) is 4.79 Å². The topological polar surface area (TPSA) is 62.1 Å². The van der Waals surface area contributed by atoms with E-state index in [1.54, 1.807) is 4.90 Å². The lowest BCUT2D eigenvalue weighted by Crippen LogP contribution is -2.41. The van der Waals surface area contributed by atoms with Crippen molar-refractivity contribution in [3.63, 3.8) is 0 Å². The summed E-state index contributed by atoms with van der Waals surface area (Å²) >= 11 is 0. The molecule has 3 rings (SSSR count). The molecule has 1 aliphatic heterocycles. The van der Waals surface area contributed by atoms with Crippen molar-refractivity contribution in [3.8, 4) is 0 Å². The van der Waals surface area contributed by atoms with Gasteiger partial charge >= 0.3 is 6.03 Å². The molecule has 1 fully saturated rings. The first-order chi connectivity index (χ1) is 8.74. The maximum atomic E-state index is 11.1. The molecule has 4 nitrogen and oxygen atoms in total. The summed E-state index contributed by atoms with van der Waals surface area (Å²) in [7, 11) is 0. The third kappa shape index (κ3) is 1.94. The average Bonchev–Trinajstić information content (AvgIpc) is 2.82. The number of nitrogens with one attached hydrogen (secondary N) is 1. The summed E-state index contributed by atoms with van der Waals surface area (Å²) in [6, 6.07) is 10.2. The molecule has 1 aromatic carbocycles. The number of hydrogen-bond acceptors (Lipinski definition) is 1. The minimum absolute atomic E-state index is 0.301. The zero-order valence-corrected chi connectivity index (χ0v) is 10.2. The number of nitrogens with zero attached hydrogens (tertiary/aromatic N) is 1. The van der Waals surface area contributed by atoms with Crippen LogP contribution in [0.5, 0.6) is 0 Å². The van der Waals surface area contributed by atoms with Gasteiger partial charge in [0.25, 0.3) is 0 Å². The lowest BCUT2D eigenvalue weighted by atomic mass is 9.94. The van der Waals surface area contributed by atoms with Crippen LogP contribution in [-0.4, -0.2) is 29.0 Å². The number of likely N-dealkylation sites (tertiary alicyclic amines) is 1. The van der Waals surface area contributed by atoms with E-state index in [2.05, 4.69) is 29.2 Å². The minimum Gasteiger partial charge on any atom is -0.358 e. The van der Waals surface area contributed by atoms with E-state index in [1.165, 1.54) is 16.6 Å². The number of amides is 2. The number of hydrogen-bond donors (Lipinski definition) is 2. The monoisotopic (exact) mass is 243 g/mol. The fraction of sp³-hybridized carbons (Fsp3) is 0.357. The van der Waals surface area contributed by atoms with E-state index in [4.69, 9.17) is 5.73 Å². The summed E-state index contributed by atoms with van der Waals surface area (Å²) < 4.78 is 0. The number of piperidine rings is 1. The molecule has 0 atom stereocenters. The minimum atomic E-state index is -0.301. The van der Waals surface area contributed by atoms with Crippen molar-refractivity contribution < 1.29 is 4.79 Å². The maximum absolute atomic E-state index is 11.1. The molecule has 1 aliphatic rings. The molecule has 0 saturated carbocycles. The van der Waals surface area contributed by atoms with Crippen LogP contribution in [0.1, 0.15) is 24.5 Å². The quantitative estimate of drug-likeness (QED) is 0.794. The summed E-state index contributed by atoms with van der Waals surface area (Å²) in [5.74, 6) is 0.507. The van der Waals surface area contributed by atoms with Crippen LogP contribution in [0.25, 0.3) is 10.9 Å². The van der Waals surface area contributed by atoms with Gasteiger partial charge in [-0.1, -0.05) is 18.2 Å². The molecule has 0 bridgehead atoms. The van der Waals surface area contributed by atoms with Crippen LogP contribution in [0.3, 0.4) is 0 Å². The van der Waals surface area contributed by atoms with Gasteiger partial charge in [0.15, 0.2) is 0 Å². The van der Waals surface area contributed by atoms with E-state index in [-0.39, 0.29) is 6.03 Å². The van der Waals surface area contributed by atoms with Crippen molar-refractivity contribution in [1.29, 1.82) is 0 Å². The predicted octanol–water partition coefficient (Wildman–Crippen LogP) is 2.43. The molecule has 0 radical (unpaired) electrons. The van der Waals surface area contributed by atoms with E-state index >= 15 is 0 Å². The van der Waals surface area contributed by atoms with Crippen molar-refractivity contribution in [3.05, 3.63) is 36.0 Å². The third-order valence-corrected chi connectivity index (χ3v) is 3.80. The van der Waals surface area contributed by atoms with Crippen LogP contribution in [0, 0.1) is 0 Å². The SMILES string of the molecule is NC(=O)N1CCC(c2cc3ccccc3[nH]2)CC1. The van der Waals surface area contributed by atoms with E-state index in [1.807, 2.05) is 6.07 Å². The van der Waals surface area contributed by atoms with Gasteiger partial charge in [-0.25, -0.2) is 4.79 Å². The number of H-pyrrole nitrogens is 1. The van der Waals surface area contributed by atoms with Crippen LogP contribution in [0.2, 0.25) is 0 Å². The second-order valence-corrected chi connectivity index (χ2v) is 4.91. The molecule has 0 spiro atoms. The molecule has 2 heterocycles. The number of urea groups is 1. The van der Waals surface area contributed by atoms with Crippen molar-refractivity contribution in [1.82, 2.24) is 9.88 Å². The maximum Gasteiger partial charge on any atom is 0.314 e. The number of nitrogens with two attached hydrogens (primary N) is 1. The number of fused-ring (bicyclic) bond motifs is 1. The lowest BCUT2D eigenvalue weighted by molar-refractivity contribution is 0.190. The van der Waals surface area contributed by atoms with Gasteiger partial charge in [-0.2, -0.15) is 0 Å². The van der Waals surface area contributed by atoms with Gasteiger partial charge in [-0.15, -0.1) is 0 Å². The highest BCUT2D eigenvalue weighted by Gasteiger charge is 2.23. The summed E-state index contributed by atoms with van der Waals surface area (Å²) in [4.78, 5) is 16.3. The lowest BCUT2D eigenvalue weighted by Gasteiger charge is -2.30. The Morgan fingerprint density at radius 1 is 1.28 bits per heavy atom. The highest BCUT2D eigenvalue weighted by molar-refractivity contribution is 5.80. The van der Waals surface area contributed by atoms with Crippen molar-refractivity contribution in [2.75, 3.05) is 13.1 Å². The average molecular weight is 243 g/mol. The Balaban J connectivity index is 1.78. The fourth-order valence-electron chi connectivity index (χ4n) is 2.73. The number of carbonyl (C=O) groups is 1. The van der Waals surface area contributed by atoms with Crippen LogP contribution in [-0.2, 0) is 0 Å². The summed E-state index contributed by atoms with van der Waals surface area (Å²) in [5.41, 5.74) is 7.75. The Morgan fingerprint density at radius 3 is 2.67 bits per heavy atom. The molecule has 2 amide bonds. The first kappa shape index (κ1) is 11.1. The zero-order chi connectivity index (χ0) is 12.5. The van der Waals surface area contributed by atoms with Crippen LogP contribution >= 0.6 is 0 Å². The number of aromatic nitrogens is 1. The predicted molar refractivity (Wildman–Crippen MR) is 71.4 cm³/mol. The molecule has 3 N–H and O–H groups in total. The normalized spacial score (nSPS) is 17.2. The van der Waals surface area contributed by atoms with E-state index in [0.29, 0.717) is 5.92 Å². The van der Waals surface area contributed by atoms with Crippen molar-refractivity contribution >= 4 is 16.9 Å². The summed E-state index contributed by atoms with van der Waals surface area (Å²) in [5, 5.41) is 1.25. The highest BCUT2D eigenvalue weighted by atomic mass is 16.2. The second kappa shape index (κ2) is 4.37. The molecule has 0 unspecified atom stereocenters. The zero-order valence-electron chi connectivity index (χ0n) is 10.2. The molecule has 4 heteroatoms. The van der Waals surface area contributed by atoms with Gasteiger partial charge in [0.2, 0.25) is 0 Å². The Kier molecular flexibility index (Phi) is 2.70. The van der Waals surface area contributed by atoms with E-state index < -0.39 is 0 Å². The second-order valence-electron chi connectivity index (χ2n) is 4.91. The molecule has 2 aromatic rings. The number of carbonyl (C=O) groups excluding carboxylic acids is 1. The summed E-state index contributed by atoms with van der Waals surface area (Å²) in [6.07, 6.45) is 1.96. The Morgan fingerprint density at radius 2 is 2.00 bits per heavy atom. The van der Waals surface area contributed by atoms with Gasteiger partial charge in [0.1, 0.15) is 0 Å². The summed E-state index contributed by atoms with van der Waals surface area (Å²) in [6.45, 7) is 1.52. The molecule has 0 aliphatic carbocycles. The van der Waals surface area contributed by atoms with Crippen molar-refractivity contribution in [2.24, 2.45) is 5.73 Å². The van der Waals surface area contributed by atoms with Gasteiger partial charge < -0.3 is 15.6 Å².